The minimum atomic E-state index is -4.83. The lowest BCUT2D eigenvalue weighted by atomic mass is 10.1. The number of carbonyl (C=O) groups excluding carboxylic acids is 1. The molecule has 0 radical (unpaired) electrons. The van der Waals surface area contributed by atoms with Crippen molar-refractivity contribution in [1.29, 1.82) is 0 Å². The lowest BCUT2D eigenvalue weighted by molar-refractivity contribution is -0.385. The van der Waals surface area contributed by atoms with E-state index in [0.29, 0.717) is 0 Å². The molecule has 0 unspecified atom stereocenters. The van der Waals surface area contributed by atoms with Crippen LogP contribution in [-0.2, 0) is 4.79 Å². The van der Waals surface area contributed by atoms with Gasteiger partial charge in [-0.3, -0.25) is 19.8 Å². The van der Waals surface area contributed by atoms with Crippen LogP contribution in [0.15, 0.2) is 54.2 Å². The highest BCUT2D eigenvalue weighted by Crippen LogP contribution is 2.28. The van der Waals surface area contributed by atoms with Crippen molar-refractivity contribution in [2.75, 3.05) is 4.90 Å². The first-order chi connectivity index (χ1) is 13.2. The summed E-state index contributed by atoms with van der Waals surface area (Å²) in [5, 5.41) is 13.7. The quantitative estimate of drug-likeness (QED) is 0.358. The molecule has 7 nitrogen and oxygen atoms in total. The molecule has 1 N–H and O–H groups in total. The standard InChI is InChI=1S/C17H10F3N3O4S/c18-17(19,20)27-12-7-5-11(6-8-12)22-15(24)13(21-16(22)28)9-10-3-1-2-4-14(10)23(25)26/h1-9H,(H,21,28)/b13-9-. The molecule has 2 aromatic carbocycles. The monoisotopic (exact) mass is 409 g/mol. The van der Waals surface area contributed by atoms with Gasteiger partial charge in [-0.2, -0.15) is 0 Å². The van der Waals surface area contributed by atoms with Crippen molar-refractivity contribution in [3.63, 3.8) is 0 Å². The second-order valence-corrected chi connectivity index (χ2v) is 5.87. The van der Waals surface area contributed by atoms with E-state index in [1.165, 1.54) is 36.4 Å². The number of halogens is 3. The number of ether oxygens (including phenoxy) is 1. The van der Waals surface area contributed by atoms with Crippen LogP contribution in [0.3, 0.4) is 0 Å². The molecule has 144 valence electrons. The lowest BCUT2D eigenvalue weighted by Gasteiger charge is -2.15. The van der Waals surface area contributed by atoms with E-state index < -0.39 is 22.9 Å². The average molecular weight is 409 g/mol. The van der Waals surface area contributed by atoms with Crippen molar-refractivity contribution < 1.29 is 27.6 Å². The van der Waals surface area contributed by atoms with Crippen LogP contribution < -0.4 is 15.0 Å². The van der Waals surface area contributed by atoms with Gasteiger partial charge in [0.25, 0.3) is 11.6 Å². The molecule has 1 saturated heterocycles. The maximum Gasteiger partial charge on any atom is 0.573 e. The fourth-order valence-corrected chi connectivity index (χ4v) is 2.80. The molecule has 11 heteroatoms. The van der Waals surface area contributed by atoms with Gasteiger partial charge in [-0.25, -0.2) is 0 Å². The molecule has 0 atom stereocenters. The number of alkyl halides is 3. The molecule has 0 spiro atoms. The number of amides is 1. The van der Waals surface area contributed by atoms with Crippen molar-refractivity contribution >= 4 is 40.7 Å². The van der Waals surface area contributed by atoms with Crippen LogP contribution in [0.25, 0.3) is 6.08 Å². The molecule has 0 aromatic heterocycles. The third-order valence-electron chi connectivity index (χ3n) is 3.64. The Bertz CT molecular complexity index is 990. The number of anilines is 1. The summed E-state index contributed by atoms with van der Waals surface area (Å²) in [6.45, 7) is 0. The Labute approximate surface area is 161 Å². The first-order valence-electron chi connectivity index (χ1n) is 7.62. The predicted molar refractivity (Wildman–Crippen MR) is 97.4 cm³/mol. The van der Waals surface area contributed by atoms with E-state index in [2.05, 4.69) is 10.1 Å². The van der Waals surface area contributed by atoms with E-state index in [1.54, 1.807) is 6.07 Å². The van der Waals surface area contributed by atoms with E-state index >= 15 is 0 Å². The Hall–Kier alpha value is -3.47. The predicted octanol–water partition coefficient (Wildman–Crippen LogP) is 3.76. The third-order valence-corrected chi connectivity index (χ3v) is 3.92. The van der Waals surface area contributed by atoms with Crippen LogP contribution >= 0.6 is 12.2 Å². The first kappa shape index (κ1) is 19.3. The average Bonchev–Trinajstić information content (AvgIpc) is 2.88. The van der Waals surface area contributed by atoms with Gasteiger partial charge in [0, 0.05) is 6.07 Å². The zero-order valence-electron chi connectivity index (χ0n) is 13.8. The number of hydrogen-bond acceptors (Lipinski definition) is 5. The molecule has 2 aromatic rings. The number of nitro groups is 1. The molecule has 0 bridgehead atoms. The van der Waals surface area contributed by atoms with E-state index in [1.807, 2.05) is 0 Å². The van der Waals surface area contributed by atoms with Crippen LogP contribution in [0.5, 0.6) is 5.75 Å². The second-order valence-electron chi connectivity index (χ2n) is 5.49. The molecular formula is C17H10F3N3O4S. The van der Waals surface area contributed by atoms with Crippen LogP contribution in [0.2, 0.25) is 0 Å². The number of carbonyl (C=O) groups is 1. The summed E-state index contributed by atoms with van der Waals surface area (Å²) in [4.78, 5) is 24.2. The first-order valence-corrected chi connectivity index (χ1v) is 8.03. The molecule has 28 heavy (non-hydrogen) atoms. The Balaban J connectivity index is 1.87. The van der Waals surface area contributed by atoms with Crippen molar-refractivity contribution in [1.82, 2.24) is 5.32 Å². The lowest BCUT2D eigenvalue weighted by Crippen LogP contribution is -2.30. The number of nitrogens with one attached hydrogen (secondary N) is 1. The number of benzene rings is 2. The maximum atomic E-state index is 12.6. The summed E-state index contributed by atoms with van der Waals surface area (Å²) in [7, 11) is 0. The number of nitrogens with zero attached hydrogens (tertiary/aromatic N) is 2. The van der Waals surface area contributed by atoms with Gasteiger partial charge in [-0.05, 0) is 48.6 Å². The highest BCUT2D eigenvalue weighted by molar-refractivity contribution is 7.80. The van der Waals surface area contributed by atoms with Gasteiger partial charge in [0.1, 0.15) is 11.4 Å². The Morgan fingerprint density at radius 3 is 2.39 bits per heavy atom. The number of nitro benzene ring substituents is 1. The fourth-order valence-electron chi connectivity index (χ4n) is 2.50. The van der Waals surface area contributed by atoms with Crippen molar-refractivity contribution in [3.05, 3.63) is 69.9 Å². The van der Waals surface area contributed by atoms with Crippen LogP contribution in [0, 0.1) is 10.1 Å². The van der Waals surface area contributed by atoms with Gasteiger partial charge < -0.3 is 10.1 Å². The summed E-state index contributed by atoms with van der Waals surface area (Å²) in [5.74, 6) is -1.05. The minimum Gasteiger partial charge on any atom is -0.406 e. The minimum absolute atomic E-state index is 0.00471. The number of rotatable bonds is 4. The van der Waals surface area contributed by atoms with Gasteiger partial charge >= 0.3 is 6.36 Å². The van der Waals surface area contributed by atoms with E-state index in [0.717, 1.165) is 17.0 Å². The van der Waals surface area contributed by atoms with E-state index in [9.17, 15) is 28.1 Å². The number of para-hydroxylation sites is 1. The Morgan fingerprint density at radius 2 is 1.79 bits per heavy atom. The SMILES string of the molecule is O=C1/C(=C/c2ccccc2[N+](=O)[O-])NC(=S)N1c1ccc(OC(F)(F)F)cc1. The summed E-state index contributed by atoms with van der Waals surface area (Å²) >= 11 is 5.11. The Kier molecular flexibility index (Phi) is 5.01. The summed E-state index contributed by atoms with van der Waals surface area (Å²) < 4.78 is 40.5. The van der Waals surface area contributed by atoms with Crippen LogP contribution in [0.1, 0.15) is 5.56 Å². The van der Waals surface area contributed by atoms with E-state index in [4.69, 9.17) is 12.2 Å². The van der Waals surface area contributed by atoms with Gasteiger partial charge in [-0.15, -0.1) is 13.2 Å². The van der Waals surface area contributed by atoms with Crippen molar-refractivity contribution in [2.24, 2.45) is 0 Å². The van der Waals surface area contributed by atoms with Gasteiger partial charge in [-0.1, -0.05) is 12.1 Å². The molecule has 1 aliphatic rings. The van der Waals surface area contributed by atoms with Crippen LogP contribution in [0.4, 0.5) is 24.5 Å². The highest BCUT2D eigenvalue weighted by Gasteiger charge is 2.34. The smallest absolute Gasteiger partial charge is 0.406 e. The normalized spacial score (nSPS) is 15.7. The molecular weight excluding hydrogens is 399 g/mol. The summed E-state index contributed by atoms with van der Waals surface area (Å²) in [6, 6.07) is 10.4. The molecule has 1 heterocycles. The van der Waals surface area contributed by atoms with Gasteiger partial charge in [0.05, 0.1) is 16.2 Å². The van der Waals surface area contributed by atoms with Gasteiger partial charge in [0.2, 0.25) is 0 Å². The molecule has 0 saturated carbocycles. The Morgan fingerprint density at radius 1 is 1.14 bits per heavy atom. The highest BCUT2D eigenvalue weighted by atomic mass is 32.1. The van der Waals surface area contributed by atoms with Crippen molar-refractivity contribution in [3.8, 4) is 5.75 Å². The van der Waals surface area contributed by atoms with Crippen LogP contribution in [-0.4, -0.2) is 22.3 Å². The number of hydrogen-bond donors (Lipinski definition) is 1. The van der Waals surface area contributed by atoms with Gasteiger partial charge in [0.15, 0.2) is 5.11 Å². The molecule has 1 fully saturated rings. The largest absolute Gasteiger partial charge is 0.573 e. The topological polar surface area (TPSA) is 84.7 Å². The molecule has 3 rings (SSSR count). The van der Waals surface area contributed by atoms with Crippen molar-refractivity contribution in [2.45, 2.75) is 6.36 Å². The maximum absolute atomic E-state index is 12.6. The molecule has 0 aliphatic carbocycles. The summed E-state index contributed by atoms with van der Waals surface area (Å²) in [6.07, 6.45) is -3.55. The fraction of sp³-hybridized carbons (Fsp3) is 0.0588. The third kappa shape index (κ3) is 4.09. The zero-order valence-corrected chi connectivity index (χ0v) is 14.6. The zero-order chi connectivity index (χ0) is 20.5. The molecule has 1 amide bonds. The molecule has 1 aliphatic heterocycles. The summed E-state index contributed by atoms with van der Waals surface area (Å²) in [5.41, 5.74) is 0.211. The van der Waals surface area contributed by atoms with E-state index in [-0.39, 0.29) is 27.7 Å². The second kappa shape index (κ2) is 7.27. The number of thiocarbonyl (C=S) groups is 1.